The highest BCUT2D eigenvalue weighted by Crippen LogP contribution is 2.18. The highest BCUT2D eigenvalue weighted by molar-refractivity contribution is 5.75. The largest absolute Gasteiger partial charge is 0.477 e. The highest BCUT2D eigenvalue weighted by atomic mass is 16.7. The Bertz CT molecular complexity index is 128. The Labute approximate surface area is 66.1 Å². The van der Waals surface area contributed by atoms with Crippen molar-refractivity contribution in [1.82, 2.24) is 0 Å². The van der Waals surface area contributed by atoms with Crippen LogP contribution in [0.1, 0.15) is 19.8 Å². The van der Waals surface area contributed by atoms with Crippen molar-refractivity contribution < 1.29 is 19.4 Å². The van der Waals surface area contributed by atoms with Crippen molar-refractivity contribution >= 4 is 5.97 Å². The number of hydrogen-bond donors (Lipinski definition) is 1. The molecule has 0 fully saturated rings. The highest BCUT2D eigenvalue weighted by Gasteiger charge is 2.37. The maximum Gasteiger partial charge on any atom is 0.364 e. The average molecular weight is 162 g/mol. The van der Waals surface area contributed by atoms with Gasteiger partial charge in [-0.05, 0) is 0 Å². The average Bonchev–Trinajstić information content (AvgIpc) is 2.00. The minimum absolute atomic E-state index is 0.356. The van der Waals surface area contributed by atoms with Crippen LogP contribution in [0, 0.1) is 0 Å². The van der Waals surface area contributed by atoms with E-state index in [-0.39, 0.29) is 0 Å². The summed E-state index contributed by atoms with van der Waals surface area (Å²) < 4.78 is 9.53. The van der Waals surface area contributed by atoms with Gasteiger partial charge in [-0.2, -0.15) is 0 Å². The van der Waals surface area contributed by atoms with Crippen LogP contribution in [0.4, 0.5) is 0 Å². The SMILES string of the molecule is CCCC(OC)(OC)C(=O)O. The summed E-state index contributed by atoms with van der Waals surface area (Å²) in [6.07, 6.45) is 1.06. The molecule has 0 aromatic heterocycles. The van der Waals surface area contributed by atoms with Gasteiger partial charge in [-0.15, -0.1) is 0 Å². The number of hydrogen-bond acceptors (Lipinski definition) is 3. The van der Waals surface area contributed by atoms with Crippen molar-refractivity contribution in [1.29, 1.82) is 0 Å². The molecule has 0 aliphatic rings. The van der Waals surface area contributed by atoms with Crippen molar-refractivity contribution in [2.24, 2.45) is 0 Å². The third-order valence-corrected chi connectivity index (χ3v) is 1.56. The van der Waals surface area contributed by atoms with Gasteiger partial charge in [0.25, 0.3) is 5.79 Å². The van der Waals surface area contributed by atoms with Crippen LogP contribution >= 0.6 is 0 Å². The van der Waals surface area contributed by atoms with E-state index in [1.807, 2.05) is 6.92 Å². The van der Waals surface area contributed by atoms with Gasteiger partial charge in [0.1, 0.15) is 0 Å². The smallest absolute Gasteiger partial charge is 0.364 e. The fourth-order valence-electron chi connectivity index (χ4n) is 0.898. The molecule has 0 heterocycles. The Morgan fingerprint density at radius 3 is 2.00 bits per heavy atom. The lowest BCUT2D eigenvalue weighted by Gasteiger charge is -2.25. The summed E-state index contributed by atoms with van der Waals surface area (Å²) in [5.74, 6) is -2.53. The van der Waals surface area contributed by atoms with Gasteiger partial charge in [0.2, 0.25) is 0 Å². The molecule has 0 aromatic rings. The number of rotatable bonds is 5. The lowest BCUT2D eigenvalue weighted by Crippen LogP contribution is -2.42. The lowest BCUT2D eigenvalue weighted by atomic mass is 10.1. The molecule has 66 valence electrons. The number of aliphatic carboxylic acids is 1. The summed E-state index contributed by atoms with van der Waals surface area (Å²) >= 11 is 0. The third-order valence-electron chi connectivity index (χ3n) is 1.56. The summed E-state index contributed by atoms with van der Waals surface area (Å²) in [6, 6.07) is 0. The zero-order valence-electron chi connectivity index (χ0n) is 7.09. The van der Waals surface area contributed by atoms with Crippen LogP contribution in [-0.2, 0) is 14.3 Å². The van der Waals surface area contributed by atoms with Crippen LogP contribution in [-0.4, -0.2) is 31.1 Å². The minimum atomic E-state index is -1.45. The second-order valence-electron chi connectivity index (χ2n) is 2.22. The molecule has 4 nitrogen and oxygen atoms in total. The van der Waals surface area contributed by atoms with Crippen LogP contribution in [0.15, 0.2) is 0 Å². The molecule has 4 heteroatoms. The fraction of sp³-hybridized carbons (Fsp3) is 0.857. The Morgan fingerprint density at radius 1 is 1.45 bits per heavy atom. The van der Waals surface area contributed by atoms with Crippen LogP contribution in [0.25, 0.3) is 0 Å². The van der Waals surface area contributed by atoms with Crippen molar-refractivity contribution in [3.05, 3.63) is 0 Å². The third kappa shape index (κ3) is 2.17. The second kappa shape index (κ2) is 4.31. The molecule has 0 aliphatic heterocycles. The molecule has 0 radical (unpaired) electrons. The Hall–Kier alpha value is -0.610. The van der Waals surface area contributed by atoms with Crippen molar-refractivity contribution in [3.63, 3.8) is 0 Å². The normalized spacial score (nSPS) is 11.5. The molecule has 0 aliphatic carbocycles. The van der Waals surface area contributed by atoms with Gasteiger partial charge in [0.05, 0.1) is 0 Å². The van der Waals surface area contributed by atoms with Gasteiger partial charge < -0.3 is 14.6 Å². The van der Waals surface area contributed by atoms with Gasteiger partial charge in [0.15, 0.2) is 0 Å². The van der Waals surface area contributed by atoms with E-state index < -0.39 is 11.8 Å². The van der Waals surface area contributed by atoms with Crippen LogP contribution in [0.3, 0.4) is 0 Å². The number of carboxylic acid groups (broad SMARTS) is 1. The Balaban J connectivity index is 4.32. The first-order valence-corrected chi connectivity index (χ1v) is 3.46. The molecular weight excluding hydrogens is 148 g/mol. The molecule has 0 bridgehead atoms. The van der Waals surface area contributed by atoms with Crippen LogP contribution in [0.2, 0.25) is 0 Å². The summed E-state index contributed by atoms with van der Waals surface area (Å²) in [5.41, 5.74) is 0. The Morgan fingerprint density at radius 2 is 1.91 bits per heavy atom. The van der Waals surface area contributed by atoms with Gasteiger partial charge in [-0.1, -0.05) is 13.3 Å². The number of carboxylic acids is 1. The number of methoxy groups -OCH3 is 2. The molecule has 0 atom stereocenters. The predicted molar refractivity (Wildman–Crippen MR) is 39.3 cm³/mol. The molecule has 0 saturated carbocycles. The first-order chi connectivity index (χ1) is 5.13. The summed E-state index contributed by atoms with van der Waals surface area (Å²) in [5, 5.41) is 8.70. The maximum absolute atomic E-state index is 10.6. The van der Waals surface area contributed by atoms with Crippen LogP contribution in [0.5, 0.6) is 0 Å². The van der Waals surface area contributed by atoms with E-state index >= 15 is 0 Å². The van der Waals surface area contributed by atoms with E-state index in [1.54, 1.807) is 0 Å². The quantitative estimate of drug-likeness (QED) is 0.609. The van der Waals surface area contributed by atoms with Crippen LogP contribution < -0.4 is 0 Å². The molecule has 0 aromatic carbocycles. The summed E-state index contributed by atoms with van der Waals surface area (Å²) in [4.78, 5) is 10.6. The van der Waals surface area contributed by atoms with Gasteiger partial charge >= 0.3 is 5.97 Å². The van der Waals surface area contributed by atoms with Gasteiger partial charge in [0, 0.05) is 20.6 Å². The summed E-state index contributed by atoms with van der Waals surface area (Å²) in [6.45, 7) is 1.87. The van der Waals surface area contributed by atoms with Gasteiger partial charge in [-0.25, -0.2) is 4.79 Å². The minimum Gasteiger partial charge on any atom is -0.477 e. The molecule has 0 spiro atoms. The van der Waals surface area contributed by atoms with E-state index in [0.717, 1.165) is 0 Å². The standard InChI is InChI=1S/C7H14O4/c1-4-5-7(10-2,11-3)6(8)9/h4-5H2,1-3H3,(H,8,9). The molecule has 11 heavy (non-hydrogen) atoms. The van der Waals surface area contributed by atoms with E-state index in [2.05, 4.69) is 0 Å². The van der Waals surface area contributed by atoms with E-state index in [4.69, 9.17) is 14.6 Å². The van der Waals surface area contributed by atoms with E-state index in [9.17, 15) is 4.79 Å². The summed E-state index contributed by atoms with van der Waals surface area (Å²) in [7, 11) is 2.65. The molecule has 0 unspecified atom stereocenters. The van der Waals surface area contributed by atoms with Crippen molar-refractivity contribution in [2.75, 3.05) is 14.2 Å². The Kier molecular flexibility index (Phi) is 4.07. The molecular formula is C7H14O4. The van der Waals surface area contributed by atoms with E-state index in [1.165, 1.54) is 14.2 Å². The second-order valence-corrected chi connectivity index (χ2v) is 2.22. The maximum atomic E-state index is 10.6. The predicted octanol–water partition coefficient (Wildman–Crippen LogP) is 0.860. The van der Waals surface area contributed by atoms with Gasteiger partial charge in [-0.3, -0.25) is 0 Å². The number of ether oxygens (including phenoxy) is 2. The molecule has 0 rings (SSSR count). The van der Waals surface area contributed by atoms with E-state index in [0.29, 0.717) is 12.8 Å². The first kappa shape index (κ1) is 10.4. The first-order valence-electron chi connectivity index (χ1n) is 3.46. The van der Waals surface area contributed by atoms with Crippen molar-refractivity contribution in [3.8, 4) is 0 Å². The fourth-order valence-corrected chi connectivity index (χ4v) is 0.898. The monoisotopic (exact) mass is 162 g/mol. The lowest BCUT2D eigenvalue weighted by molar-refractivity contribution is -0.227. The van der Waals surface area contributed by atoms with Crippen molar-refractivity contribution in [2.45, 2.75) is 25.6 Å². The zero-order chi connectivity index (χ0) is 8.91. The number of carbonyl (C=O) groups is 1. The molecule has 0 amide bonds. The molecule has 0 saturated heterocycles. The zero-order valence-corrected chi connectivity index (χ0v) is 7.09. The molecule has 1 N–H and O–H groups in total. The topological polar surface area (TPSA) is 55.8 Å².